The minimum Gasteiger partial charge on any atom is -0.497 e. The summed E-state index contributed by atoms with van der Waals surface area (Å²) in [6, 6.07) is 11.0. The Morgan fingerprint density at radius 1 is 0.968 bits per heavy atom. The number of methoxy groups -OCH3 is 2. The van der Waals surface area contributed by atoms with E-state index < -0.39 is 23.0 Å². The molecule has 31 heavy (non-hydrogen) atoms. The Balaban J connectivity index is 1.91. The van der Waals surface area contributed by atoms with E-state index in [1.165, 1.54) is 32.5 Å². The second kappa shape index (κ2) is 6.89. The van der Waals surface area contributed by atoms with E-state index in [1.807, 2.05) is 0 Å². The van der Waals surface area contributed by atoms with E-state index in [9.17, 15) is 25.2 Å². The van der Waals surface area contributed by atoms with Crippen molar-refractivity contribution >= 4 is 16.8 Å². The van der Waals surface area contributed by atoms with Crippen molar-refractivity contribution < 1.29 is 34.7 Å². The van der Waals surface area contributed by atoms with E-state index in [0.29, 0.717) is 22.2 Å². The first-order valence-corrected chi connectivity index (χ1v) is 9.40. The highest BCUT2D eigenvalue weighted by Crippen LogP contribution is 2.62. The van der Waals surface area contributed by atoms with Crippen LogP contribution in [0.25, 0.3) is 10.9 Å². The molecule has 2 aromatic carbocycles. The molecule has 1 fully saturated rings. The number of nitrogens with one attached hydrogen (secondary N) is 1. The van der Waals surface area contributed by atoms with Crippen LogP contribution < -0.4 is 14.8 Å². The van der Waals surface area contributed by atoms with Crippen LogP contribution in [0.5, 0.6) is 11.5 Å². The largest absolute Gasteiger partial charge is 0.497 e. The van der Waals surface area contributed by atoms with Crippen LogP contribution in [0.2, 0.25) is 0 Å². The third kappa shape index (κ3) is 2.78. The lowest BCUT2D eigenvalue weighted by molar-refractivity contribution is -0.207. The van der Waals surface area contributed by atoms with Crippen LogP contribution in [0, 0.1) is 6.92 Å². The fraction of sp³-hybridized carbons (Fsp3) is 0.273. The van der Waals surface area contributed by atoms with Gasteiger partial charge in [-0.15, -0.1) is 0 Å². The zero-order valence-electron chi connectivity index (χ0n) is 17.1. The molecule has 0 unspecified atom stereocenters. The molecule has 1 amide bonds. The van der Waals surface area contributed by atoms with E-state index in [2.05, 4.69) is 10.3 Å². The molecule has 0 atom stereocenters. The first-order valence-electron chi connectivity index (χ1n) is 9.40. The van der Waals surface area contributed by atoms with Crippen LogP contribution in [-0.4, -0.2) is 57.1 Å². The molecule has 9 nitrogen and oxygen atoms in total. The Morgan fingerprint density at radius 2 is 1.65 bits per heavy atom. The van der Waals surface area contributed by atoms with Gasteiger partial charge in [-0.1, -0.05) is 12.1 Å². The molecule has 5 N–H and O–H groups in total. The highest BCUT2D eigenvalue weighted by atomic mass is 16.6. The predicted molar refractivity (Wildman–Crippen MR) is 110 cm³/mol. The molecule has 0 aliphatic heterocycles. The fourth-order valence-electron chi connectivity index (χ4n) is 3.91. The molecule has 1 heterocycles. The van der Waals surface area contributed by atoms with Gasteiger partial charge in [-0.25, -0.2) is 0 Å². The van der Waals surface area contributed by atoms with E-state index in [4.69, 9.17) is 9.47 Å². The maximum atomic E-state index is 13.2. The molecule has 1 aliphatic rings. The second-order valence-corrected chi connectivity index (χ2v) is 7.47. The molecule has 1 saturated carbocycles. The van der Waals surface area contributed by atoms with Crippen molar-refractivity contribution in [3.8, 4) is 11.5 Å². The minimum atomic E-state index is -3.09. The fourth-order valence-corrected chi connectivity index (χ4v) is 3.91. The number of ether oxygens (including phenoxy) is 2. The zero-order valence-corrected chi connectivity index (χ0v) is 17.1. The lowest BCUT2D eigenvalue weighted by atomic mass is 9.96. The highest BCUT2D eigenvalue weighted by Gasteiger charge is 2.91. The van der Waals surface area contributed by atoms with Crippen LogP contribution >= 0.6 is 0 Å². The van der Waals surface area contributed by atoms with Crippen molar-refractivity contribution in [2.75, 3.05) is 14.2 Å². The number of rotatable bonds is 5. The first kappa shape index (κ1) is 21.0. The van der Waals surface area contributed by atoms with Gasteiger partial charge in [0.25, 0.3) is 17.5 Å². The Bertz CT molecular complexity index is 1180. The standard InChI is InChI=1S/C22H22N2O7/c1-12-6-7-13(30-2)9-16(12)19(25)24-20(21(26,27)22(20,28)29)17-10-14(31-3)11-18-15(17)5-4-8-23-18/h4-11,26-29H,1-3H3,(H,24,25). The molecule has 0 radical (unpaired) electrons. The molecule has 9 heteroatoms. The molecule has 0 bridgehead atoms. The van der Waals surface area contributed by atoms with Crippen LogP contribution in [0.15, 0.2) is 48.7 Å². The number of carbonyl (C=O) groups excluding carboxylic acids is 1. The zero-order chi connectivity index (χ0) is 22.6. The summed E-state index contributed by atoms with van der Waals surface area (Å²) < 4.78 is 10.4. The number of fused-ring (bicyclic) bond motifs is 1. The van der Waals surface area contributed by atoms with Crippen LogP contribution in [0.3, 0.4) is 0 Å². The number of hydrogen-bond acceptors (Lipinski definition) is 8. The highest BCUT2D eigenvalue weighted by molar-refractivity contribution is 5.98. The molecule has 0 saturated heterocycles. The van der Waals surface area contributed by atoms with Gasteiger partial charge in [0.15, 0.2) is 5.54 Å². The molecular formula is C22H22N2O7. The number of aliphatic hydroxyl groups is 4. The van der Waals surface area contributed by atoms with Gasteiger partial charge in [-0.3, -0.25) is 9.78 Å². The summed E-state index contributed by atoms with van der Waals surface area (Å²) in [6.45, 7) is 1.69. The number of aromatic nitrogens is 1. The summed E-state index contributed by atoms with van der Waals surface area (Å²) in [4.78, 5) is 17.4. The number of pyridine rings is 1. The monoisotopic (exact) mass is 426 g/mol. The summed E-state index contributed by atoms with van der Waals surface area (Å²) >= 11 is 0. The Kier molecular flexibility index (Phi) is 4.67. The number of nitrogens with zero attached hydrogens (tertiary/aromatic N) is 1. The van der Waals surface area contributed by atoms with Gasteiger partial charge in [0, 0.05) is 28.8 Å². The van der Waals surface area contributed by atoms with Gasteiger partial charge < -0.3 is 35.2 Å². The number of benzene rings is 2. The van der Waals surface area contributed by atoms with Crippen molar-refractivity contribution in [3.63, 3.8) is 0 Å². The molecule has 3 aromatic rings. The SMILES string of the molecule is COc1ccc(C)c(C(=O)NC2(c3cc(OC)cc4ncccc34)C(O)(O)C2(O)O)c1. The summed E-state index contributed by atoms with van der Waals surface area (Å²) in [6.07, 6.45) is 1.53. The number of hydrogen-bond donors (Lipinski definition) is 5. The summed E-state index contributed by atoms with van der Waals surface area (Å²) in [7, 11) is 2.85. The van der Waals surface area contributed by atoms with E-state index >= 15 is 0 Å². The van der Waals surface area contributed by atoms with Gasteiger partial charge in [0.1, 0.15) is 11.5 Å². The number of aryl methyl sites for hydroxylation is 1. The van der Waals surface area contributed by atoms with Crippen molar-refractivity contribution in [1.29, 1.82) is 0 Å². The lowest BCUT2D eigenvalue weighted by Crippen LogP contribution is -2.44. The van der Waals surface area contributed by atoms with Crippen molar-refractivity contribution in [1.82, 2.24) is 10.3 Å². The third-order valence-corrected chi connectivity index (χ3v) is 5.79. The van der Waals surface area contributed by atoms with Crippen LogP contribution in [0.1, 0.15) is 21.5 Å². The van der Waals surface area contributed by atoms with E-state index in [0.717, 1.165) is 0 Å². The predicted octanol–water partition coefficient (Wildman–Crippen LogP) is 0.561. The van der Waals surface area contributed by atoms with Crippen LogP contribution in [0.4, 0.5) is 0 Å². The van der Waals surface area contributed by atoms with Gasteiger partial charge in [-0.05, 0) is 36.8 Å². The Hall–Kier alpha value is -3.24. The maximum absolute atomic E-state index is 13.2. The van der Waals surface area contributed by atoms with Crippen molar-refractivity contribution in [2.45, 2.75) is 24.0 Å². The molecule has 1 aromatic heterocycles. The Morgan fingerprint density at radius 3 is 2.26 bits per heavy atom. The van der Waals surface area contributed by atoms with Crippen molar-refractivity contribution in [2.24, 2.45) is 0 Å². The number of amides is 1. The van der Waals surface area contributed by atoms with Gasteiger partial charge in [0.2, 0.25) is 0 Å². The van der Waals surface area contributed by atoms with Gasteiger partial charge >= 0.3 is 0 Å². The maximum Gasteiger partial charge on any atom is 0.255 e. The van der Waals surface area contributed by atoms with Gasteiger partial charge in [0.05, 0.1) is 19.7 Å². The van der Waals surface area contributed by atoms with Crippen LogP contribution in [-0.2, 0) is 5.54 Å². The van der Waals surface area contributed by atoms with Crippen molar-refractivity contribution in [3.05, 3.63) is 65.4 Å². The van der Waals surface area contributed by atoms with E-state index in [-0.39, 0.29) is 16.9 Å². The summed E-state index contributed by atoms with van der Waals surface area (Å²) in [5.74, 6) is -6.23. The molecule has 162 valence electrons. The average Bonchev–Trinajstić information content (AvgIpc) is 3.10. The molecular weight excluding hydrogens is 404 g/mol. The Labute approximate surface area is 177 Å². The minimum absolute atomic E-state index is 0.0267. The molecule has 0 spiro atoms. The summed E-state index contributed by atoms with van der Waals surface area (Å²) in [5.41, 5.74) is -1.19. The normalized spacial score (nSPS) is 17.8. The molecule has 4 rings (SSSR count). The topological polar surface area (TPSA) is 141 Å². The molecule has 1 aliphatic carbocycles. The van der Waals surface area contributed by atoms with E-state index in [1.54, 1.807) is 37.3 Å². The third-order valence-electron chi connectivity index (χ3n) is 5.79. The summed E-state index contributed by atoms with van der Waals surface area (Å²) in [5, 5.41) is 45.1. The first-order chi connectivity index (χ1) is 14.6. The quantitative estimate of drug-likeness (QED) is 0.373. The lowest BCUT2D eigenvalue weighted by Gasteiger charge is -2.23. The van der Waals surface area contributed by atoms with Gasteiger partial charge in [-0.2, -0.15) is 0 Å². The average molecular weight is 426 g/mol. The number of carbonyl (C=O) groups is 1. The second-order valence-electron chi connectivity index (χ2n) is 7.47. The smallest absolute Gasteiger partial charge is 0.255 e.